The number of carbonyl (C=O) groups excluding carboxylic acids is 1. The number of fused-ring (bicyclic) bond motifs is 1. The van der Waals surface area contributed by atoms with E-state index in [9.17, 15) is 23.3 Å². The van der Waals surface area contributed by atoms with Crippen LogP contribution in [0.3, 0.4) is 0 Å². The summed E-state index contributed by atoms with van der Waals surface area (Å²) in [4.78, 5) is 22.8. The molecule has 2 saturated heterocycles. The number of rotatable bonds is 5. The topological polar surface area (TPSA) is 116 Å². The largest absolute Gasteiger partial charge is 0.466 e. The summed E-state index contributed by atoms with van der Waals surface area (Å²) in [5.74, 6) is -1.28. The standard InChI is InChI=1S/C19H22N2O7S/c1-3-27-18(22)17-15-11-20(12(2)10-19(15)9-8-16(17)28-19)29(25,26)14-6-4-13(5-7-14)21(23)24/h4-9,12,15-17H,3,10-11H2,1-2H3/t12-,15+,16+,17+,19+/m1/s1. The van der Waals surface area contributed by atoms with E-state index >= 15 is 0 Å². The van der Waals surface area contributed by atoms with E-state index in [2.05, 4.69) is 0 Å². The second-order valence-corrected chi connectivity index (χ2v) is 9.55. The Morgan fingerprint density at radius 1 is 1.38 bits per heavy atom. The van der Waals surface area contributed by atoms with Crippen molar-refractivity contribution in [2.75, 3.05) is 13.2 Å². The van der Waals surface area contributed by atoms with Gasteiger partial charge in [-0.3, -0.25) is 14.9 Å². The molecule has 0 unspecified atom stereocenters. The third-order valence-electron chi connectivity index (χ3n) is 6.03. The third kappa shape index (κ3) is 3.06. The van der Waals surface area contributed by atoms with E-state index in [1.54, 1.807) is 13.8 Å². The molecule has 0 aromatic heterocycles. The number of sulfonamides is 1. The van der Waals surface area contributed by atoms with Crippen molar-refractivity contribution in [1.29, 1.82) is 0 Å². The van der Waals surface area contributed by atoms with Gasteiger partial charge in [-0.05, 0) is 32.4 Å². The maximum absolute atomic E-state index is 13.3. The van der Waals surface area contributed by atoms with Crippen molar-refractivity contribution >= 4 is 21.7 Å². The first kappa shape index (κ1) is 20.0. The lowest BCUT2D eigenvalue weighted by atomic mass is 9.71. The number of nitrogens with zero attached hydrogens (tertiary/aromatic N) is 2. The predicted octanol–water partition coefficient (Wildman–Crippen LogP) is 1.88. The fourth-order valence-electron chi connectivity index (χ4n) is 4.75. The SMILES string of the molecule is CCOC(=O)[C@@H]1[C@@H]2C=C[C@@]3(C[C@@H](C)N(S(=O)(=O)c4ccc([N+](=O)[O-])cc4)C[C@@H]13)O2. The first-order valence-corrected chi connectivity index (χ1v) is 10.9. The lowest BCUT2D eigenvalue weighted by Crippen LogP contribution is -2.57. The number of nitro groups is 1. The van der Waals surface area contributed by atoms with Gasteiger partial charge in [0.1, 0.15) is 0 Å². The van der Waals surface area contributed by atoms with E-state index in [-0.39, 0.29) is 41.7 Å². The Labute approximate surface area is 168 Å². The molecule has 10 heteroatoms. The van der Waals surface area contributed by atoms with Gasteiger partial charge in [0.25, 0.3) is 5.69 Å². The number of nitro benzene ring substituents is 1. The fourth-order valence-corrected chi connectivity index (χ4v) is 6.40. The predicted molar refractivity (Wildman–Crippen MR) is 101 cm³/mol. The molecular formula is C19H22N2O7S. The van der Waals surface area contributed by atoms with Gasteiger partial charge in [0.15, 0.2) is 0 Å². The summed E-state index contributed by atoms with van der Waals surface area (Å²) in [5, 5.41) is 10.8. The normalized spacial score (nSPS) is 33.4. The minimum atomic E-state index is -3.89. The molecular weight excluding hydrogens is 400 g/mol. The van der Waals surface area contributed by atoms with E-state index in [1.165, 1.54) is 28.6 Å². The number of benzene rings is 1. The molecule has 1 spiro atoms. The number of hydrogen-bond acceptors (Lipinski definition) is 7. The first-order chi connectivity index (χ1) is 13.7. The van der Waals surface area contributed by atoms with Crippen LogP contribution in [0.4, 0.5) is 5.69 Å². The van der Waals surface area contributed by atoms with Gasteiger partial charge in [0.05, 0.1) is 34.0 Å². The number of carbonyl (C=O) groups is 1. The highest BCUT2D eigenvalue weighted by molar-refractivity contribution is 7.89. The molecule has 2 fully saturated rings. The summed E-state index contributed by atoms with van der Waals surface area (Å²) in [6.45, 7) is 3.89. The number of ether oxygens (including phenoxy) is 2. The third-order valence-corrected chi connectivity index (χ3v) is 8.03. The molecule has 0 radical (unpaired) electrons. The van der Waals surface area contributed by atoms with Gasteiger partial charge in [-0.1, -0.05) is 12.2 Å². The summed E-state index contributed by atoms with van der Waals surface area (Å²) in [6, 6.07) is 4.47. The molecule has 9 nitrogen and oxygen atoms in total. The van der Waals surface area contributed by atoms with Crippen LogP contribution < -0.4 is 0 Å². The van der Waals surface area contributed by atoms with Gasteiger partial charge >= 0.3 is 5.97 Å². The zero-order valence-electron chi connectivity index (χ0n) is 16.1. The highest BCUT2D eigenvalue weighted by atomic mass is 32.2. The van der Waals surface area contributed by atoms with Crippen LogP contribution in [0.15, 0.2) is 41.3 Å². The minimum absolute atomic E-state index is 0.0156. The number of non-ortho nitro benzene ring substituents is 1. The monoisotopic (exact) mass is 422 g/mol. The fraction of sp³-hybridized carbons (Fsp3) is 0.526. The van der Waals surface area contributed by atoms with Crippen molar-refractivity contribution in [3.63, 3.8) is 0 Å². The van der Waals surface area contributed by atoms with Gasteiger partial charge in [-0.15, -0.1) is 0 Å². The summed E-state index contributed by atoms with van der Waals surface area (Å²) in [7, 11) is -3.89. The van der Waals surface area contributed by atoms with Gasteiger partial charge < -0.3 is 9.47 Å². The molecule has 1 aromatic rings. The molecule has 3 aliphatic rings. The van der Waals surface area contributed by atoms with Gasteiger partial charge in [-0.25, -0.2) is 8.42 Å². The molecule has 1 aromatic carbocycles. The average molecular weight is 422 g/mol. The highest BCUT2D eigenvalue weighted by Gasteiger charge is 2.63. The van der Waals surface area contributed by atoms with E-state index in [4.69, 9.17) is 9.47 Å². The van der Waals surface area contributed by atoms with Crippen molar-refractivity contribution in [3.8, 4) is 0 Å². The van der Waals surface area contributed by atoms with Crippen molar-refractivity contribution in [2.45, 2.75) is 42.9 Å². The molecule has 0 saturated carbocycles. The van der Waals surface area contributed by atoms with E-state index < -0.39 is 32.6 Å². The van der Waals surface area contributed by atoms with Crippen LogP contribution in [0.5, 0.6) is 0 Å². The van der Waals surface area contributed by atoms with Crippen LogP contribution in [0, 0.1) is 22.0 Å². The second-order valence-electron chi connectivity index (χ2n) is 7.66. The van der Waals surface area contributed by atoms with E-state index in [0.29, 0.717) is 6.42 Å². The van der Waals surface area contributed by atoms with Crippen LogP contribution in [-0.2, 0) is 24.3 Å². The van der Waals surface area contributed by atoms with Crippen molar-refractivity contribution < 1.29 is 27.6 Å². The molecule has 3 aliphatic heterocycles. The number of hydrogen-bond donors (Lipinski definition) is 0. The zero-order valence-corrected chi connectivity index (χ0v) is 16.9. The molecule has 4 rings (SSSR count). The molecule has 3 heterocycles. The van der Waals surface area contributed by atoms with Gasteiger partial charge in [-0.2, -0.15) is 4.31 Å². The summed E-state index contributed by atoms with van der Waals surface area (Å²) in [6.07, 6.45) is 3.83. The quantitative estimate of drug-likeness (QED) is 0.308. The Morgan fingerprint density at radius 2 is 2.07 bits per heavy atom. The van der Waals surface area contributed by atoms with Gasteiger partial charge in [0.2, 0.25) is 10.0 Å². The van der Waals surface area contributed by atoms with Crippen LogP contribution in [0.1, 0.15) is 20.3 Å². The van der Waals surface area contributed by atoms with Crippen molar-refractivity contribution in [2.24, 2.45) is 11.8 Å². The lowest BCUT2D eigenvalue weighted by Gasteiger charge is -2.45. The van der Waals surface area contributed by atoms with Crippen molar-refractivity contribution in [1.82, 2.24) is 4.31 Å². The zero-order chi connectivity index (χ0) is 21.0. The lowest BCUT2D eigenvalue weighted by molar-refractivity contribution is -0.384. The summed E-state index contributed by atoms with van der Waals surface area (Å²) in [5.41, 5.74) is -0.841. The highest BCUT2D eigenvalue weighted by Crippen LogP contribution is 2.53. The Balaban J connectivity index is 1.65. The van der Waals surface area contributed by atoms with E-state index in [0.717, 1.165) is 0 Å². The number of piperidine rings is 1. The maximum atomic E-state index is 13.3. The Hall–Kier alpha value is -2.30. The van der Waals surface area contributed by atoms with Crippen LogP contribution >= 0.6 is 0 Å². The number of esters is 1. The smallest absolute Gasteiger partial charge is 0.312 e. The molecule has 29 heavy (non-hydrogen) atoms. The molecule has 0 aliphatic carbocycles. The van der Waals surface area contributed by atoms with Crippen LogP contribution in [-0.4, -0.2) is 54.5 Å². The molecule has 0 N–H and O–H groups in total. The van der Waals surface area contributed by atoms with Gasteiger partial charge in [0, 0.05) is 30.6 Å². The molecule has 5 atom stereocenters. The first-order valence-electron chi connectivity index (χ1n) is 9.50. The summed E-state index contributed by atoms with van der Waals surface area (Å²) >= 11 is 0. The van der Waals surface area contributed by atoms with E-state index in [1.807, 2.05) is 12.2 Å². The van der Waals surface area contributed by atoms with Crippen LogP contribution in [0.2, 0.25) is 0 Å². The summed E-state index contributed by atoms with van der Waals surface area (Å²) < 4.78 is 39.2. The Bertz CT molecular complexity index is 975. The maximum Gasteiger partial charge on any atom is 0.312 e. The molecule has 0 amide bonds. The van der Waals surface area contributed by atoms with Crippen LogP contribution in [0.25, 0.3) is 0 Å². The van der Waals surface area contributed by atoms with Crippen molar-refractivity contribution in [3.05, 3.63) is 46.5 Å². The Morgan fingerprint density at radius 3 is 2.69 bits per heavy atom. The molecule has 156 valence electrons. The second kappa shape index (κ2) is 6.89. The average Bonchev–Trinajstić information content (AvgIpc) is 3.21. The Kier molecular flexibility index (Phi) is 4.75. The minimum Gasteiger partial charge on any atom is -0.466 e. The molecule has 2 bridgehead atoms.